The first-order valence-electron chi connectivity index (χ1n) is 7.56. The number of halogens is 1. The molecule has 1 aliphatic rings. The predicted octanol–water partition coefficient (Wildman–Crippen LogP) is 3.52. The number of rotatable bonds is 3. The highest BCUT2D eigenvalue weighted by molar-refractivity contribution is 9.10. The van der Waals surface area contributed by atoms with Crippen molar-refractivity contribution in [3.63, 3.8) is 0 Å². The smallest absolute Gasteiger partial charge is 0.0758 e. The second kappa shape index (κ2) is 6.42. The summed E-state index contributed by atoms with van der Waals surface area (Å²) in [5.41, 5.74) is 2.46. The van der Waals surface area contributed by atoms with Gasteiger partial charge >= 0.3 is 0 Å². The zero-order chi connectivity index (χ0) is 14.8. The number of likely N-dealkylation sites (tertiary alicyclic amines) is 1. The van der Waals surface area contributed by atoms with Gasteiger partial charge in [0.1, 0.15) is 0 Å². The molecule has 0 atom stereocenters. The van der Waals surface area contributed by atoms with Crippen molar-refractivity contribution in [1.29, 1.82) is 0 Å². The predicted molar refractivity (Wildman–Crippen MR) is 91.4 cm³/mol. The molecule has 21 heavy (non-hydrogen) atoms. The molecule has 0 aliphatic carbocycles. The van der Waals surface area contributed by atoms with E-state index in [9.17, 15) is 0 Å². The van der Waals surface area contributed by atoms with Crippen LogP contribution in [0.4, 0.5) is 0 Å². The molecule has 1 aromatic carbocycles. The van der Waals surface area contributed by atoms with E-state index >= 15 is 0 Å². The van der Waals surface area contributed by atoms with Gasteiger partial charge in [0.05, 0.1) is 5.52 Å². The Hall–Kier alpha value is -0.970. The van der Waals surface area contributed by atoms with E-state index in [1.165, 1.54) is 36.9 Å². The standard InChI is InChI=1S/C17H22BrN3/c1-20(2)14-7-10-21(11-8-14)12-13-5-6-16(18)15-4-3-9-19-17(13)15/h3-6,9,14H,7-8,10-12H2,1-2H3. The van der Waals surface area contributed by atoms with Gasteiger partial charge in [-0.2, -0.15) is 0 Å². The molecule has 1 aliphatic heterocycles. The van der Waals surface area contributed by atoms with Crippen LogP contribution in [0.15, 0.2) is 34.9 Å². The van der Waals surface area contributed by atoms with Crippen LogP contribution in [0.5, 0.6) is 0 Å². The van der Waals surface area contributed by atoms with Crippen LogP contribution >= 0.6 is 15.9 Å². The maximum atomic E-state index is 4.59. The Balaban J connectivity index is 1.76. The van der Waals surface area contributed by atoms with E-state index < -0.39 is 0 Å². The minimum absolute atomic E-state index is 0.737. The summed E-state index contributed by atoms with van der Waals surface area (Å²) < 4.78 is 1.13. The van der Waals surface area contributed by atoms with Crippen LogP contribution in [0.1, 0.15) is 18.4 Å². The molecule has 1 aromatic heterocycles. The van der Waals surface area contributed by atoms with Gasteiger partial charge in [0.15, 0.2) is 0 Å². The number of hydrogen-bond acceptors (Lipinski definition) is 3. The molecule has 0 saturated carbocycles. The van der Waals surface area contributed by atoms with E-state index in [0.29, 0.717) is 0 Å². The van der Waals surface area contributed by atoms with Crippen molar-refractivity contribution in [2.75, 3.05) is 27.2 Å². The van der Waals surface area contributed by atoms with Gasteiger partial charge in [-0.1, -0.05) is 28.1 Å². The number of fused-ring (bicyclic) bond motifs is 1. The second-order valence-electron chi connectivity index (χ2n) is 6.08. The van der Waals surface area contributed by atoms with Crippen LogP contribution in [-0.2, 0) is 6.54 Å². The summed E-state index contributed by atoms with van der Waals surface area (Å²) >= 11 is 3.62. The van der Waals surface area contributed by atoms with E-state index in [0.717, 1.165) is 22.6 Å². The van der Waals surface area contributed by atoms with Gasteiger partial charge in [0.25, 0.3) is 0 Å². The van der Waals surface area contributed by atoms with Crippen molar-refractivity contribution in [3.8, 4) is 0 Å². The molecule has 0 amide bonds. The van der Waals surface area contributed by atoms with Crippen LogP contribution < -0.4 is 0 Å². The Morgan fingerprint density at radius 3 is 2.71 bits per heavy atom. The topological polar surface area (TPSA) is 19.4 Å². The maximum absolute atomic E-state index is 4.59. The Kier molecular flexibility index (Phi) is 4.57. The van der Waals surface area contributed by atoms with E-state index in [4.69, 9.17) is 0 Å². The Morgan fingerprint density at radius 2 is 2.00 bits per heavy atom. The van der Waals surface area contributed by atoms with Gasteiger partial charge in [-0.15, -0.1) is 0 Å². The lowest BCUT2D eigenvalue weighted by atomic mass is 10.0. The van der Waals surface area contributed by atoms with Gasteiger partial charge in [-0.05, 0) is 57.7 Å². The fourth-order valence-electron chi connectivity index (χ4n) is 3.16. The van der Waals surface area contributed by atoms with E-state index in [-0.39, 0.29) is 0 Å². The highest BCUT2D eigenvalue weighted by Gasteiger charge is 2.21. The van der Waals surface area contributed by atoms with Crippen molar-refractivity contribution in [1.82, 2.24) is 14.8 Å². The first-order chi connectivity index (χ1) is 10.1. The molecule has 1 saturated heterocycles. The van der Waals surface area contributed by atoms with Crippen molar-refractivity contribution in [2.24, 2.45) is 0 Å². The monoisotopic (exact) mass is 347 g/mol. The average molecular weight is 348 g/mol. The number of hydrogen-bond donors (Lipinski definition) is 0. The number of pyridine rings is 1. The molecular formula is C17H22BrN3. The molecule has 0 N–H and O–H groups in total. The molecule has 1 fully saturated rings. The molecular weight excluding hydrogens is 326 g/mol. The average Bonchev–Trinajstić information content (AvgIpc) is 2.51. The fraction of sp³-hybridized carbons (Fsp3) is 0.471. The molecule has 0 bridgehead atoms. The van der Waals surface area contributed by atoms with E-state index in [1.54, 1.807) is 0 Å². The maximum Gasteiger partial charge on any atom is 0.0758 e. The lowest BCUT2D eigenvalue weighted by molar-refractivity contribution is 0.140. The summed E-state index contributed by atoms with van der Waals surface area (Å²) in [5, 5.41) is 1.21. The molecule has 0 radical (unpaired) electrons. The molecule has 3 nitrogen and oxygen atoms in total. The Labute approximate surface area is 135 Å². The third kappa shape index (κ3) is 3.28. The number of aromatic nitrogens is 1. The van der Waals surface area contributed by atoms with Crippen LogP contribution in [0.2, 0.25) is 0 Å². The van der Waals surface area contributed by atoms with E-state index in [2.05, 4.69) is 63.0 Å². The molecule has 0 spiro atoms. The highest BCUT2D eigenvalue weighted by Crippen LogP contribution is 2.27. The minimum atomic E-state index is 0.737. The lowest BCUT2D eigenvalue weighted by Gasteiger charge is -2.35. The number of nitrogens with zero attached hydrogens (tertiary/aromatic N) is 3. The SMILES string of the molecule is CN(C)C1CCN(Cc2ccc(Br)c3cccnc23)CC1. The minimum Gasteiger partial charge on any atom is -0.306 e. The number of piperidine rings is 1. The molecule has 4 heteroatoms. The summed E-state index contributed by atoms with van der Waals surface area (Å²) in [5.74, 6) is 0. The molecule has 112 valence electrons. The van der Waals surface area contributed by atoms with Crippen molar-refractivity contribution in [2.45, 2.75) is 25.4 Å². The van der Waals surface area contributed by atoms with Gasteiger partial charge in [-0.25, -0.2) is 0 Å². The quantitative estimate of drug-likeness (QED) is 0.846. The fourth-order valence-corrected chi connectivity index (χ4v) is 3.61. The van der Waals surface area contributed by atoms with Gasteiger partial charge in [-0.3, -0.25) is 9.88 Å². The Bertz CT molecular complexity index is 618. The van der Waals surface area contributed by atoms with Crippen molar-refractivity contribution >= 4 is 26.8 Å². The summed E-state index contributed by atoms with van der Waals surface area (Å²) in [7, 11) is 4.37. The summed E-state index contributed by atoms with van der Waals surface area (Å²) in [6, 6.07) is 9.22. The zero-order valence-electron chi connectivity index (χ0n) is 12.7. The molecule has 2 heterocycles. The van der Waals surface area contributed by atoms with Crippen molar-refractivity contribution < 1.29 is 0 Å². The zero-order valence-corrected chi connectivity index (χ0v) is 14.3. The third-order valence-electron chi connectivity index (χ3n) is 4.48. The van der Waals surface area contributed by atoms with Gasteiger partial charge in [0, 0.05) is 28.6 Å². The lowest BCUT2D eigenvalue weighted by Crippen LogP contribution is -2.41. The molecule has 3 rings (SSSR count). The van der Waals surface area contributed by atoms with Crippen LogP contribution in [0.25, 0.3) is 10.9 Å². The largest absolute Gasteiger partial charge is 0.306 e. The van der Waals surface area contributed by atoms with Gasteiger partial charge < -0.3 is 4.90 Å². The third-order valence-corrected chi connectivity index (χ3v) is 5.17. The normalized spacial score (nSPS) is 17.7. The van der Waals surface area contributed by atoms with Crippen molar-refractivity contribution in [3.05, 3.63) is 40.5 Å². The highest BCUT2D eigenvalue weighted by atomic mass is 79.9. The second-order valence-corrected chi connectivity index (χ2v) is 6.93. The molecule has 2 aromatic rings. The summed E-state index contributed by atoms with van der Waals surface area (Å²) in [6.07, 6.45) is 4.40. The van der Waals surface area contributed by atoms with Crippen LogP contribution in [-0.4, -0.2) is 48.0 Å². The first kappa shape index (κ1) is 14.9. The van der Waals surface area contributed by atoms with E-state index in [1.807, 2.05) is 12.3 Å². The Morgan fingerprint density at radius 1 is 1.24 bits per heavy atom. The number of benzene rings is 1. The summed E-state index contributed by atoms with van der Waals surface area (Å²) in [6.45, 7) is 3.35. The van der Waals surface area contributed by atoms with Gasteiger partial charge in [0.2, 0.25) is 0 Å². The van der Waals surface area contributed by atoms with Crippen LogP contribution in [0, 0.1) is 0 Å². The first-order valence-corrected chi connectivity index (χ1v) is 8.35. The van der Waals surface area contributed by atoms with Crippen LogP contribution in [0.3, 0.4) is 0 Å². The summed E-state index contributed by atoms with van der Waals surface area (Å²) in [4.78, 5) is 9.49. The molecule has 0 unspecified atom stereocenters.